The van der Waals surface area contributed by atoms with Gasteiger partial charge in [0.15, 0.2) is 0 Å². The molecule has 0 radical (unpaired) electrons. The molecule has 4 nitrogen and oxygen atoms in total. The summed E-state index contributed by atoms with van der Waals surface area (Å²) in [5.74, 6) is -7.87. The maximum Gasteiger partial charge on any atom is 0.421 e. The van der Waals surface area contributed by atoms with Crippen LogP contribution in [0.15, 0.2) is 0 Å². The number of hydrogen-bond donors (Lipinski definition) is 0. The van der Waals surface area contributed by atoms with Crippen molar-refractivity contribution < 1.29 is 36.6 Å². The summed E-state index contributed by atoms with van der Waals surface area (Å²) in [7, 11) is 0. The molecule has 10 heteroatoms. The molecule has 0 aromatic carbocycles. The standard InChI is InChI=1S/C5Br2F4O4/c6-4(8,9)3(5(7,10)11)14-1(12)2(13)15-3. The highest BCUT2D eigenvalue weighted by atomic mass is 79.9. The Morgan fingerprint density at radius 2 is 1.20 bits per heavy atom. The van der Waals surface area contributed by atoms with Crippen LogP contribution < -0.4 is 0 Å². The Labute approximate surface area is 96.1 Å². The second-order valence-electron chi connectivity index (χ2n) is 2.39. The molecule has 0 aromatic heterocycles. The lowest BCUT2D eigenvalue weighted by Gasteiger charge is -2.32. The maximum absolute atomic E-state index is 12.8. The number of hydrogen-bond acceptors (Lipinski definition) is 4. The van der Waals surface area contributed by atoms with Crippen molar-refractivity contribution in [1.29, 1.82) is 0 Å². The first-order chi connectivity index (χ1) is 6.51. The van der Waals surface area contributed by atoms with Gasteiger partial charge in [-0.05, 0) is 31.9 Å². The van der Waals surface area contributed by atoms with Gasteiger partial charge < -0.3 is 9.47 Å². The Morgan fingerprint density at radius 1 is 0.933 bits per heavy atom. The van der Waals surface area contributed by atoms with Crippen molar-refractivity contribution in [2.24, 2.45) is 0 Å². The molecule has 1 aliphatic rings. The van der Waals surface area contributed by atoms with Crippen molar-refractivity contribution in [3.63, 3.8) is 0 Å². The molecule has 0 N–H and O–H groups in total. The van der Waals surface area contributed by atoms with Crippen molar-refractivity contribution in [3.05, 3.63) is 0 Å². The number of rotatable bonds is 2. The van der Waals surface area contributed by atoms with E-state index in [0.29, 0.717) is 0 Å². The molecule has 15 heavy (non-hydrogen) atoms. The van der Waals surface area contributed by atoms with Crippen LogP contribution in [0.5, 0.6) is 0 Å². The maximum atomic E-state index is 12.8. The number of carbonyl (C=O) groups is 2. The van der Waals surface area contributed by atoms with Crippen molar-refractivity contribution >= 4 is 43.8 Å². The number of halogens is 6. The first-order valence-corrected chi connectivity index (χ1v) is 4.69. The van der Waals surface area contributed by atoms with E-state index in [0.717, 1.165) is 0 Å². The SMILES string of the molecule is O=C1OC(C(F)(F)Br)(C(F)(F)Br)OC1=O. The van der Waals surface area contributed by atoms with Gasteiger partial charge in [-0.2, -0.15) is 17.6 Å². The fourth-order valence-electron chi connectivity index (χ4n) is 0.757. The van der Waals surface area contributed by atoms with Gasteiger partial charge in [-0.25, -0.2) is 9.59 Å². The molecule has 1 fully saturated rings. The van der Waals surface area contributed by atoms with Gasteiger partial charge in [0.1, 0.15) is 0 Å². The largest absolute Gasteiger partial charge is 0.421 e. The number of carbonyl (C=O) groups excluding carboxylic acids is 2. The fourth-order valence-corrected chi connectivity index (χ4v) is 1.85. The Balaban J connectivity index is 3.24. The lowest BCUT2D eigenvalue weighted by atomic mass is 10.3. The van der Waals surface area contributed by atoms with Gasteiger partial charge in [0.25, 0.3) is 0 Å². The van der Waals surface area contributed by atoms with Crippen LogP contribution >= 0.6 is 31.9 Å². The van der Waals surface area contributed by atoms with E-state index in [4.69, 9.17) is 0 Å². The third-order valence-electron chi connectivity index (χ3n) is 1.39. The quantitative estimate of drug-likeness (QED) is 0.326. The third-order valence-corrected chi connectivity index (χ3v) is 2.43. The lowest BCUT2D eigenvalue weighted by Crippen LogP contribution is -2.56. The monoisotopic (exact) mass is 358 g/mol. The van der Waals surface area contributed by atoms with E-state index in [1.54, 1.807) is 31.9 Å². The normalized spacial score (nSPS) is 21.2. The van der Waals surface area contributed by atoms with Gasteiger partial charge in [0.2, 0.25) is 0 Å². The minimum absolute atomic E-state index is 1.56. The van der Waals surface area contributed by atoms with Crippen LogP contribution in [-0.2, 0) is 19.1 Å². The summed E-state index contributed by atoms with van der Waals surface area (Å²) in [4.78, 5) is 12.1. The molecular weight excluding hydrogens is 360 g/mol. The Kier molecular flexibility index (Phi) is 2.80. The van der Waals surface area contributed by atoms with Crippen LogP contribution in [0.25, 0.3) is 0 Å². The molecule has 1 rings (SSSR count). The van der Waals surface area contributed by atoms with E-state index < -0.39 is 27.4 Å². The average Bonchev–Trinajstić information content (AvgIpc) is 2.26. The summed E-state index contributed by atoms with van der Waals surface area (Å²) in [6.07, 6.45) is 0. The minimum Gasteiger partial charge on any atom is -0.401 e. The van der Waals surface area contributed by atoms with Crippen LogP contribution in [0.1, 0.15) is 0 Å². The van der Waals surface area contributed by atoms with Crippen molar-refractivity contribution in [3.8, 4) is 0 Å². The van der Waals surface area contributed by atoms with Gasteiger partial charge in [-0.1, -0.05) is 0 Å². The molecule has 0 saturated carbocycles. The van der Waals surface area contributed by atoms with Crippen molar-refractivity contribution in [1.82, 2.24) is 0 Å². The summed E-state index contributed by atoms with van der Waals surface area (Å²) >= 11 is 3.11. The van der Waals surface area contributed by atoms with Crippen molar-refractivity contribution in [2.75, 3.05) is 0 Å². The van der Waals surface area contributed by atoms with Crippen LogP contribution in [-0.4, -0.2) is 27.4 Å². The van der Waals surface area contributed by atoms with E-state index >= 15 is 0 Å². The number of cyclic esters (lactones) is 2. The molecule has 0 spiro atoms. The molecule has 0 aliphatic carbocycles. The van der Waals surface area contributed by atoms with Gasteiger partial charge in [0.05, 0.1) is 0 Å². The number of alkyl halides is 6. The Hall–Kier alpha value is -0.380. The zero-order chi connectivity index (χ0) is 12.1. The van der Waals surface area contributed by atoms with Crippen molar-refractivity contribution in [2.45, 2.75) is 15.5 Å². The topological polar surface area (TPSA) is 52.6 Å². The van der Waals surface area contributed by atoms with E-state index in [1.807, 2.05) is 0 Å². The van der Waals surface area contributed by atoms with E-state index in [2.05, 4.69) is 9.47 Å². The molecule has 1 aliphatic heterocycles. The van der Waals surface area contributed by atoms with Gasteiger partial charge in [-0.15, -0.1) is 0 Å². The average molecular weight is 360 g/mol. The minimum atomic E-state index is -4.45. The highest BCUT2D eigenvalue weighted by molar-refractivity contribution is 9.10. The molecule has 0 aromatic rings. The Morgan fingerprint density at radius 3 is 1.33 bits per heavy atom. The lowest BCUT2D eigenvalue weighted by molar-refractivity contribution is -0.301. The molecule has 86 valence electrons. The molecule has 0 atom stereocenters. The smallest absolute Gasteiger partial charge is 0.401 e. The molecule has 1 saturated heterocycles. The highest BCUT2D eigenvalue weighted by Gasteiger charge is 2.77. The third kappa shape index (κ3) is 1.84. The van der Waals surface area contributed by atoms with E-state index in [-0.39, 0.29) is 0 Å². The summed E-state index contributed by atoms with van der Waals surface area (Å²) in [5, 5.41) is 0. The summed E-state index contributed by atoms with van der Waals surface area (Å²) < 4.78 is 58.3. The predicted octanol–water partition coefficient (Wildman–Crippen LogP) is 1.76. The van der Waals surface area contributed by atoms with Gasteiger partial charge in [-0.3, -0.25) is 0 Å². The Bertz CT molecular complexity index is 288. The van der Waals surface area contributed by atoms with Crippen LogP contribution in [0.4, 0.5) is 17.6 Å². The first-order valence-electron chi connectivity index (χ1n) is 3.11. The summed E-state index contributed by atoms with van der Waals surface area (Å²) in [6, 6.07) is 0. The van der Waals surface area contributed by atoms with E-state index in [9.17, 15) is 27.2 Å². The first kappa shape index (κ1) is 12.7. The molecule has 1 heterocycles. The molecule has 0 amide bonds. The van der Waals surface area contributed by atoms with E-state index in [1.165, 1.54) is 0 Å². The van der Waals surface area contributed by atoms with Gasteiger partial charge >= 0.3 is 27.4 Å². The predicted molar refractivity (Wildman–Crippen MR) is 42.7 cm³/mol. The second kappa shape index (κ2) is 3.30. The number of ether oxygens (including phenoxy) is 2. The highest BCUT2D eigenvalue weighted by Crippen LogP contribution is 2.53. The summed E-state index contributed by atoms with van der Waals surface area (Å²) in [6.45, 7) is 0. The molecule has 0 unspecified atom stereocenters. The summed E-state index contributed by atoms with van der Waals surface area (Å²) in [5.41, 5.74) is 0. The van der Waals surface area contributed by atoms with Gasteiger partial charge in [0, 0.05) is 0 Å². The molecule has 0 bridgehead atoms. The molecular formula is C5Br2F4O4. The number of esters is 2. The van der Waals surface area contributed by atoms with Crippen LogP contribution in [0.3, 0.4) is 0 Å². The fraction of sp³-hybridized carbons (Fsp3) is 0.600. The van der Waals surface area contributed by atoms with Crippen LogP contribution in [0, 0.1) is 0 Å². The zero-order valence-electron chi connectivity index (χ0n) is 6.40. The van der Waals surface area contributed by atoms with Crippen LogP contribution in [0.2, 0.25) is 0 Å². The zero-order valence-corrected chi connectivity index (χ0v) is 9.57. The second-order valence-corrected chi connectivity index (χ2v) is 4.38.